The number of nitrogens with zero attached hydrogens (tertiary/aromatic N) is 1. The summed E-state index contributed by atoms with van der Waals surface area (Å²) in [5, 5.41) is 6.10. The number of hydrogen-bond donors (Lipinski definition) is 2. The van der Waals surface area contributed by atoms with E-state index in [2.05, 4.69) is 10.6 Å². The lowest BCUT2D eigenvalue weighted by Gasteiger charge is -2.12. The van der Waals surface area contributed by atoms with E-state index >= 15 is 0 Å². The van der Waals surface area contributed by atoms with Gasteiger partial charge in [-0.2, -0.15) is 0 Å². The molecule has 2 aromatic rings. The third-order valence-electron chi connectivity index (χ3n) is 3.90. The molecule has 0 saturated heterocycles. The molecule has 0 bridgehead atoms. The quantitative estimate of drug-likeness (QED) is 0.854. The van der Waals surface area contributed by atoms with Crippen LogP contribution in [0.2, 0.25) is 0 Å². The first kappa shape index (κ1) is 15.8. The molecular formula is C19H19N3O2. The van der Waals surface area contributed by atoms with Crippen LogP contribution >= 0.6 is 0 Å². The van der Waals surface area contributed by atoms with Crippen molar-refractivity contribution in [2.45, 2.75) is 6.92 Å². The Morgan fingerprint density at radius 2 is 1.79 bits per heavy atom. The van der Waals surface area contributed by atoms with Crippen molar-refractivity contribution in [2.24, 2.45) is 0 Å². The molecule has 122 valence electrons. The summed E-state index contributed by atoms with van der Waals surface area (Å²) in [6.45, 7) is 1.86. The minimum Gasteiger partial charge on any atom is -0.358 e. The number of benzene rings is 2. The highest BCUT2D eigenvalue weighted by Crippen LogP contribution is 2.35. The van der Waals surface area contributed by atoms with Crippen LogP contribution in [0.5, 0.6) is 0 Å². The van der Waals surface area contributed by atoms with Crippen LogP contribution in [0.15, 0.2) is 54.2 Å². The molecule has 0 radical (unpaired) electrons. The molecule has 1 aliphatic rings. The van der Waals surface area contributed by atoms with E-state index in [1.54, 1.807) is 32.3 Å². The first-order chi connectivity index (χ1) is 11.5. The first-order valence-corrected chi connectivity index (χ1v) is 7.67. The van der Waals surface area contributed by atoms with Gasteiger partial charge in [-0.3, -0.25) is 9.59 Å². The number of rotatable bonds is 3. The Kier molecular flexibility index (Phi) is 4.08. The zero-order valence-corrected chi connectivity index (χ0v) is 13.9. The SMILES string of the molecule is C/C(Nc1ccccc1)=C1/C(=O)Nc2ccc(C(=O)N(C)C)cc21. The molecule has 0 unspecified atom stereocenters. The van der Waals surface area contributed by atoms with Crippen molar-refractivity contribution < 1.29 is 9.59 Å². The largest absolute Gasteiger partial charge is 0.358 e. The molecule has 0 atom stereocenters. The van der Waals surface area contributed by atoms with Gasteiger partial charge in [0.15, 0.2) is 0 Å². The number of allylic oxidation sites excluding steroid dienone is 1. The van der Waals surface area contributed by atoms with Crippen molar-refractivity contribution in [3.63, 3.8) is 0 Å². The van der Waals surface area contributed by atoms with Gasteiger partial charge in [-0.05, 0) is 37.3 Å². The average Bonchev–Trinajstić information content (AvgIpc) is 2.89. The summed E-state index contributed by atoms with van der Waals surface area (Å²) in [7, 11) is 3.41. The number of amides is 2. The fourth-order valence-corrected chi connectivity index (χ4v) is 2.73. The van der Waals surface area contributed by atoms with E-state index in [4.69, 9.17) is 0 Å². The second-order valence-electron chi connectivity index (χ2n) is 5.91. The Morgan fingerprint density at radius 3 is 2.46 bits per heavy atom. The molecular weight excluding hydrogens is 302 g/mol. The van der Waals surface area contributed by atoms with Crippen molar-refractivity contribution in [1.29, 1.82) is 0 Å². The van der Waals surface area contributed by atoms with Crippen LogP contribution < -0.4 is 10.6 Å². The van der Waals surface area contributed by atoms with Crippen molar-refractivity contribution >= 4 is 28.8 Å². The van der Waals surface area contributed by atoms with Gasteiger partial charge in [0.1, 0.15) is 0 Å². The lowest BCUT2D eigenvalue weighted by molar-refractivity contribution is -0.110. The lowest BCUT2D eigenvalue weighted by atomic mass is 10.0. The summed E-state index contributed by atoms with van der Waals surface area (Å²) in [5.74, 6) is -0.259. The number of hydrogen-bond acceptors (Lipinski definition) is 3. The Labute approximate surface area is 141 Å². The van der Waals surface area contributed by atoms with Gasteiger partial charge in [-0.15, -0.1) is 0 Å². The summed E-state index contributed by atoms with van der Waals surface area (Å²) in [6, 6.07) is 14.9. The zero-order valence-electron chi connectivity index (χ0n) is 13.9. The van der Waals surface area contributed by atoms with Crippen LogP contribution in [-0.4, -0.2) is 30.8 Å². The van der Waals surface area contributed by atoms with E-state index in [0.717, 1.165) is 22.6 Å². The molecule has 1 aliphatic heterocycles. The summed E-state index contributed by atoms with van der Waals surface area (Å²) < 4.78 is 0. The van der Waals surface area contributed by atoms with E-state index in [1.807, 2.05) is 37.3 Å². The van der Waals surface area contributed by atoms with Crippen molar-refractivity contribution in [2.75, 3.05) is 24.7 Å². The number of fused-ring (bicyclic) bond motifs is 1. The summed E-state index contributed by atoms with van der Waals surface area (Å²) >= 11 is 0. The Morgan fingerprint density at radius 1 is 1.08 bits per heavy atom. The molecule has 0 aliphatic carbocycles. The van der Waals surface area contributed by atoms with Crippen LogP contribution in [0.1, 0.15) is 22.8 Å². The van der Waals surface area contributed by atoms with Crippen LogP contribution in [0.3, 0.4) is 0 Å². The lowest BCUT2D eigenvalue weighted by Crippen LogP contribution is -2.21. The van der Waals surface area contributed by atoms with E-state index in [-0.39, 0.29) is 11.8 Å². The van der Waals surface area contributed by atoms with Gasteiger partial charge in [0.2, 0.25) is 0 Å². The molecule has 0 aromatic heterocycles. The number of anilines is 2. The van der Waals surface area contributed by atoms with Crippen LogP contribution in [-0.2, 0) is 4.79 Å². The van der Waals surface area contributed by atoms with Gasteiger partial charge < -0.3 is 15.5 Å². The van der Waals surface area contributed by atoms with E-state index in [9.17, 15) is 9.59 Å². The molecule has 0 spiro atoms. The van der Waals surface area contributed by atoms with Crippen LogP contribution in [0.4, 0.5) is 11.4 Å². The van der Waals surface area contributed by atoms with E-state index in [1.165, 1.54) is 4.90 Å². The highest BCUT2D eigenvalue weighted by molar-refractivity contribution is 6.32. The molecule has 1 heterocycles. The Bertz CT molecular complexity index is 839. The number of carbonyl (C=O) groups is 2. The molecule has 0 saturated carbocycles. The minimum atomic E-state index is -0.166. The molecule has 2 amide bonds. The second kappa shape index (κ2) is 6.20. The molecule has 2 aromatic carbocycles. The molecule has 24 heavy (non-hydrogen) atoms. The van der Waals surface area contributed by atoms with Gasteiger partial charge >= 0.3 is 0 Å². The topological polar surface area (TPSA) is 61.4 Å². The predicted octanol–water partition coefficient (Wildman–Crippen LogP) is 3.18. The van der Waals surface area contributed by atoms with Crippen molar-refractivity contribution in [1.82, 2.24) is 4.90 Å². The third-order valence-corrected chi connectivity index (χ3v) is 3.90. The van der Waals surface area contributed by atoms with Crippen LogP contribution in [0, 0.1) is 0 Å². The highest BCUT2D eigenvalue weighted by atomic mass is 16.2. The maximum Gasteiger partial charge on any atom is 0.258 e. The average molecular weight is 321 g/mol. The van der Waals surface area contributed by atoms with E-state index in [0.29, 0.717) is 11.1 Å². The van der Waals surface area contributed by atoms with Gasteiger partial charge in [0.05, 0.1) is 5.57 Å². The predicted molar refractivity (Wildman–Crippen MR) is 95.7 cm³/mol. The van der Waals surface area contributed by atoms with E-state index < -0.39 is 0 Å². The Hall–Kier alpha value is -3.08. The third kappa shape index (κ3) is 2.88. The fourth-order valence-electron chi connectivity index (χ4n) is 2.73. The summed E-state index contributed by atoms with van der Waals surface area (Å²) in [4.78, 5) is 26.1. The summed E-state index contributed by atoms with van der Waals surface area (Å²) in [6.07, 6.45) is 0. The van der Waals surface area contributed by atoms with Gasteiger partial charge in [0.25, 0.3) is 11.8 Å². The maximum absolute atomic E-state index is 12.4. The van der Waals surface area contributed by atoms with Crippen LogP contribution in [0.25, 0.3) is 5.57 Å². The molecule has 5 nitrogen and oxygen atoms in total. The number of nitrogens with one attached hydrogen (secondary N) is 2. The maximum atomic E-state index is 12.4. The second-order valence-corrected chi connectivity index (χ2v) is 5.91. The van der Waals surface area contributed by atoms with Gasteiger partial charge in [0, 0.05) is 42.3 Å². The smallest absolute Gasteiger partial charge is 0.258 e. The number of para-hydroxylation sites is 1. The molecule has 2 N–H and O–H groups in total. The van der Waals surface area contributed by atoms with Gasteiger partial charge in [-0.1, -0.05) is 18.2 Å². The molecule has 0 fully saturated rings. The standard InChI is InChI=1S/C19H19N3O2/c1-12(20-14-7-5-4-6-8-14)17-15-11-13(19(24)22(2)3)9-10-16(15)21-18(17)23/h4-11,20H,1-3H3,(H,21,23)/b17-12-. The number of carbonyl (C=O) groups excluding carboxylic acids is 2. The minimum absolute atomic E-state index is 0.0924. The Balaban J connectivity index is 2.02. The van der Waals surface area contributed by atoms with Crippen molar-refractivity contribution in [3.8, 4) is 0 Å². The summed E-state index contributed by atoms with van der Waals surface area (Å²) in [5.41, 5.74) is 4.23. The first-order valence-electron chi connectivity index (χ1n) is 7.67. The van der Waals surface area contributed by atoms with Gasteiger partial charge in [-0.25, -0.2) is 0 Å². The highest BCUT2D eigenvalue weighted by Gasteiger charge is 2.27. The van der Waals surface area contributed by atoms with Crippen molar-refractivity contribution in [3.05, 3.63) is 65.4 Å². The monoisotopic (exact) mass is 321 g/mol. The zero-order chi connectivity index (χ0) is 17.3. The normalized spacial score (nSPS) is 14.7. The molecule has 3 rings (SSSR count). The fraction of sp³-hybridized carbons (Fsp3) is 0.158. The molecule has 5 heteroatoms.